The second-order valence-corrected chi connectivity index (χ2v) is 5.86. The molecule has 1 aromatic carbocycles. The van der Waals surface area contributed by atoms with E-state index in [0.29, 0.717) is 24.2 Å². The molecule has 2 nitrogen and oxygen atoms in total. The summed E-state index contributed by atoms with van der Waals surface area (Å²) >= 11 is 0. The number of furan rings is 1. The lowest BCUT2D eigenvalue weighted by molar-refractivity contribution is 0.136. The molecular formula is C17H18O2. The average molecular weight is 254 g/mol. The number of rotatable bonds is 3. The fourth-order valence-electron chi connectivity index (χ4n) is 3.92. The van der Waals surface area contributed by atoms with E-state index in [-0.39, 0.29) is 6.10 Å². The summed E-state index contributed by atoms with van der Waals surface area (Å²) in [7, 11) is 0. The van der Waals surface area contributed by atoms with E-state index in [2.05, 4.69) is 24.3 Å². The highest BCUT2D eigenvalue weighted by Gasteiger charge is 2.56. The van der Waals surface area contributed by atoms with Crippen molar-refractivity contribution in [2.75, 3.05) is 0 Å². The number of hydrogen-bond acceptors (Lipinski definition) is 2. The van der Waals surface area contributed by atoms with Crippen LogP contribution in [0, 0.1) is 11.8 Å². The van der Waals surface area contributed by atoms with Gasteiger partial charge >= 0.3 is 0 Å². The Morgan fingerprint density at radius 1 is 1.21 bits per heavy atom. The summed E-state index contributed by atoms with van der Waals surface area (Å²) in [4.78, 5) is 0. The number of aryl methyl sites for hydroxylation is 1. The maximum Gasteiger partial charge on any atom is 0.106 e. The molecule has 1 N–H and O–H groups in total. The summed E-state index contributed by atoms with van der Waals surface area (Å²) in [5.41, 5.74) is 2.96. The lowest BCUT2D eigenvalue weighted by Crippen LogP contribution is -2.14. The van der Waals surface area contributed by atoms with Crippen LogP contribution in [0.1, 0.15) is 29.2 Å². The first-order valence-electron chi connectivity index (χ1n) is 7.13. The standard InChI is InChI=1S/C17H18O2/c18-15(10-12-5-3-9-19-12)17-14-8-7-11-4-1-2-6-13(11)16(14)17/h1-6,9,14-18H,7-8,10H2. The van der Waals surface area contributed by atoms with Crippen LogP contribution in [0.15, 0.2) is 47.1 Å². The van der Waals surface area contributed by atoms with E-state index >= 15 is 0 Å². The largest absolute Gasteiger partial charge is 0.469 e. The van der Waals surface area contributed by atoms with E-state index in [1.54, 1.807) is 6.26 Å². The summed E-state index contributed by atoms with van der Waals surface area (Å²) in [5.74, 6) is 2.58. The number of aliphatic hydroxyl groups is 1. The van der Waals surface area contributed by atoms with Gasteiger partial charge in [-0.2, -0.15) is 0 Å². The van der Waals surface area contributed by atoms with E-state index in [1.807, 2.05) is 12.1 Å². The van der Waals surface area contributed by atoms with Crippen molar-refractivity contribution >= 4 is 0 Å². The van der Waals surface area contributed by atoms with Gasteiger partial charge in [-0.1, -0.05) is 24.3 Å². The van der Waals surface area contributed by atoms with E-state index < -0.39 is 0 Å². The molecule has 19 heavy (non-hydrogen) atoms. The first-order chi connectivity index (χ1) is 9.34. The zero-order valence-corrected chi connectivity index (χ0v) is 10.8. The Hall–Kier alpha value is -1.54. The first-order valence-corrected chi connectivity index (χ1v) is 7.13. The van der Waals surface area contributed by atoms with Gasteiger partial charge in [0.2, 0.25) is 0 Å². The van der Waals surface area contributed by atoms with Crippen molar-refractivity contribution in [1.29, 1.82) is 0 Å². The zero-order valence-electron chi connectivity index (χ0n) is 10.8. The molecule has 2 aliphatic rings. The Labute approximate surface area is 113 Å². The molecule has 2 heteroatoms. The Bertz CT molecular complexity index is 573. The van der Waals surface area contributed by atoms with Crippen LogP contribution in [0.3, 0.4) is 0 Å². The third kappa shape index (κ3) is 1.82. The molecule has 0 saturated heterocycles. The van der Waals surface area contributed by atoms with Crippen molar-refractivity contribution in [3.8, 4) is 0 Å². The summed E-state index contributed by atoms with van der Waals surface area (Å²) in [6, 6.07) is 12.6. The van der Waals surface area contributed by atoms with Gasteiger partial charge in [0.05, 0.1) is 12.4 Å². The minimum atomic E-state index is -0.271. The summed E-state index contributed by atoms with van der Waals surface area (Å²) in [5, 5.41) is 10.5. The van der Waals surface area contributed by atoms with Crippen LogP contribution < -0.4 is 0 Å². The average Bonchev–Trinajstić information content (AvgIpc) is 2.98. The molecule has 0 aliphatic heterocycles. The lowest BCUT2D eigenvalue weighted by atomic mass is 9.92. The van der Waals surface area contributed by atoms with E-state index in [4.69, 9.17) is 4.42 Å². The van der Waals surface area contributed by atoms with Crippen molar-refractivity contribution in [3.05, 3.63) is 59.5 Å². The predicted molar refractivity (Wildman–Crippen MR) is 72.9 cm³/mol. The number of hydrogen-bond donors (Lipinski definition) is 1. The minimum Gasteiger partial charge on any atom is -0.469 e. The fourth-order valence-corrected chi connectivity index (χ4v) is 3.92. The number of benzene rings is 1. The molecule has 1 heterocycles. The Morgan fingerprint density at radius 3 is 2.95 bits per heavy atom. The molecule has 0 bridgehead atoms. The molecule has 0 spiro atoms. The van der Waals surface area contributed by atoms with Gasteiger partial charge in [0.15, 0.2) is 0 Å². The van der Waals surface area contributed by atoms with Crippen LogP contribution in [-0.4, -0.2) is 11.2 Å². The first kappa shape index (κ1) is 11.3. The summed E-state index contributed by atoms with van der Waals surface area (Å²) in [6.07, 6.45) is 4.44. The molecule has 4 unspecified atom stereocenters. The molecule has 98 valence electrons. The van der Waals surface area contributed by atoms with Crippen molar-refractivity contribution in [3.63, 3.8) is 0 Å². The quantitative estimate of drug-likeness (QED) is 0.912. The summed E-state index contributed by atoms with van der Waals surface area (Å²) < 4.78 is 5.34. The zero-order chi connectivity index (χ0) is 12.8. The van der Waals surface area contributed by atoms with Gasteiger partial charge in [0.25, 0.3) is 0 Å². The molecule has 2 aromatic rings. The molecule has 0 radical (unpaired) electrons. The van der Waals surface area contributed by atoms with Crippen LogP contribution in [-0.2, 0) is 12.8 Å². The molecule has 0 amide bonds. The van der Waals surface area contributed by atoms with Gasteiger partial charge < -0.3 is 9.52 Å². The van der Waals surface area contributed by atoms with Crippen LogP contribution in [0.2, 0.25) is 0 Å². The second-order valence-electron chi connectivity index (χ2n) is 5.86. The topological polar surface area (TPSA) is 33.4 Å². The Balaban J connectivity index is 1.54. The van der Waals surface area contributed by atoms with Gasteiger partial charge in [-0.05, 0) is 53.9 Å². The third-order valence-electron chi connectivity index (χ3n) is 4.83. The SMILES string of the molecule is OC(Cc1ccco1)C1C2CCc3ccccc3C21. The van der Waals surface area contributed by atoms with Crippen molar-refractivity contribution in [2.24, 2.45) is 11.8 Å². The van der Waals surface area contributed by atoms with Gasteiger partial charge in [-0.3, -0.25) is 0 Å². The number of aliphatic hydroxyl groups excluding tert-OH is 1. The maximum absolute atomic E-state index is 10.5. The number of fused-ring (bicyclic) bond motifs is 3. The highest BCUT2D eigenvalue weighted by atomic mass is 16.3. The van der Waals surface area contributed by atoms with Gasteiger partial charge in [0, 0.05) is 6.42 Å². The van der Waals surface area contributed by atoms with Crippen LogP contribution in [0.4, 0.5) is 0 Å². The van der Waals surface area contributed by atoms with Crippen LogP contribution >= 0.6 is 0 Å². The van der Waals surface area contributed by atoms with E-state index in [9.17, 15) is 5.11 Å². The molecule has 4 rings (SSSR count). The summed E-state index contributed by atoms with van der Waals surface area (Å²) in [6.45, 7) is 0. The fraction of sp³-hybridized carbons (Fsp3) is 0.412. The molecule has 1 aromatic heterocycles. The van der Waals surface area contributed by atoms with Gasteiger partial charge in [-0.25, -0.2) is 0 Å². The molecule has 2 aliphatic carbocycles. The normalized spacial score (nSPS) is 29.4. The van der Waals surface area contributed by atoms with Crippen molar-refractivity contribution < 1.29 is 9.52 Å². The van der Waals surface area contributed by atoms with Gasteiger partial charge in [-0.15, -0.1) is 0 Å². The lowest BCUT2D eigenvalue weighted by Gasteiger charge is -2.13. The third-order valence-corrected chi connectivity index (χ3v) is 4.83. The van der Waals surface area contributed by atoms with Gasteiger partial charge in [0.1, 0.15) is 5.76 Å². The van der Waals surface area contributed by atoms with E-state index in [1.165, 1.54) is 24.0 Å². The molecule has 4 atom stereocenters. The maximum atomic E-state index is 10.5. The minimum absolute atomic E-state index is 0.271. The van der Waals surface area contributed by atoms with Crippen LogP contribution in [0.5, 0.6) is 0 Å². The smallest absolute Gasteiger partial charge is 0.106 e. The van der Waals surface area contributed by atoms with Crippen LogP contribution in [0.25, 0.3) is 0 Å². The molecule has 1 fully saturated rings. The molecule has 1 saturated carbocycles. The molecular weight excluding hydrogens is 236 g/mol. The van der Waals surface area contributed by atoms with Crippen molar-refractivity contribution in [2.45, 2.75) is 31.3 Å². The second kappa shape index (κ2) is 4.24. The van der Waals surface area contributed by atoms with E-state index in [0.717, 1.165) is 5.76 Å². The Kier molecular flexibility index (Phi) is 2.52. The Morgan fingerprint density at radius 2 is 2.11 bits per heavy atom. The van der Waals surface area contributed by atoms with Crippen molar-refractivity contribution in [1.82, 2.24) is 0 Å². The predicted octanol–water partition coefficient (Wildman–Crippen LogP) is 3.16. The highest BCUT2D eigenvalue weighted by Crippen LogP contribution is 2.61. The monoisotopic (exact) mass is 254 g/mol. The highest BCUT2D eigenvalue weighted by molar-refractivity contribution is 5.39.